The quantitative estimate of drug-likeness (QED) is 0.684. The van der Waals surface area contributed by atoms with Gasteiger partial charge in [-0.05, 0) is 25.1 Å². The van der Waals surface area contributed by atoms with Gasteiger partial charge in [0.05, 0.1) is 16.6 Å². The number of esters is 1. The second-order valence-electron chi connectivity index (χ2n) is 5.64. The molecule has 2 N–H and O–H groups in total. The Morgan fingerprint density at radius 1 is 1.15 bits per heavy atom. The maximum absolute atomic E-state index is 12.4. The third-order valence-electron chi connectivity index (χ3n) is 3.85. The van der Waals surface area contributed by atoms with Gasteiger partial charge in [-0.2, -0.15) is 10.4 Å². The highest BCUT2D eigenvalue weighted by Crippen LogP contribution is 2.16. The molecule has 0 fully saturated rings. The highest BCUT2D eigenvalue weighted by atomic mass is 16.5. The van der Waals surface area contributed by atoms with Crippen molar-refractivity contribution in [1.29, 1.82) is 5.26 Å². The van der Waals surface area contributed by atoms with E-state index in [-0.39, 0.29) is 11.3 Å². The molecule has 1 amide bonds. The van der Waals surface area contributed by atoms with Gasteiger partial charge in [-0.1, -0.05) is 30.3 Å². The third kappa shape index (κ3) is 3.67. The molecule has 1 heterocycles. The summed E-state index contributed by atoms with van der Waals surface area (Å²) in [5.41, 5.74) is 0.0847. The van der Waals surface area contributed by atoms with Crippen molar-refractivity contribution in [1.82, 2.24) is 10.2 Å². The molecule has 27 heavy (non-hydrogen) atoms. The van der Waals surface area contributed by atoms with Gasteiger partial charge in [0, 0.05) is 5.39 Å². The van der Waals surface area contributed by atoms with E-state index in [4.69, 9.17) is 10.00 Å². The third-order valence-corrected chi connectivity index (χ3v) is 3.85. The lowest BCUT2D eigenvalue weighted by atomic mass is 10.1. The van der Waals surface area contributed by atoms with Gasteiger partial charge in [-0.15, -0.1) is 0 Å². The molecular weight excluding hydrogens is 348 g/mol. The molecule has 0 saturated carbocycles. The zero-order chi connectivity index (χ0) is 19.4. The minimum Gasteiger partial charge on any atom is -0.448 e. The molecular formula is C19H14N4O4. The van der Waals surface area contributed by atoms with Crippen molar-refractivity contribution in [3.8, 4) is 6.07 Å². The maximum atomic E-state index is 12.4. The molecule has 1 atom stereocenters. The van der Waals surface area contributed by atoms with Crippen LogP contribution in [0.4, 0.5) is 5.69 Å². The van der Waals surface area contributed by atoms with Crippen LogP contribution in [0.25, 0.3) is 10.8 Å². The van der Waals surface area contributed by atoms with E-state index in [1.165, 1.54) is 6.92 Å². The van der Waals surface area contributed by atoms with Crippen LogP contribution < -0.4 is 10.9 Å². The number of carbonyl (C=O) groups excluding carboxylic acids is 2. The first kappa shape index (κ1) is 17.8. The number of rotatable bonds is 4. The SMILES string of the molecule is C[C@@H](OC(=O)c1n[nH]c(=O)c2ccccc12)C(=O)Nc1ccccc1C#N. The van der Waals surface area contributed by atoms with Crippen molar-refractivity contribution in [3.63, 3.8) is 0 Å². The molecule has 8 heteroatoms. The lowest BCUT2D eigenvalue weighted by Crippen LogP contribution is -2.31. The number of hydrogen-bond acceptors (Lipinski definition) is 6. The number of benzene rings is 2. The van der Waals surface area contributed by atoms with Gasteiger partial charge in [0.25, 0.3) is 11.5 Å². The predicted octanol–water partition coefficient (Wildman–Crippen LogP) is 1.98. The van der Waals surface area contributed by atoms with Crippen molar-refractivity contribution in [2.75, 3.05) is 5.32 Å². The standard InChI is InChI=1S/C19H14N4O4/c1-11(17(24)21-15-9-5-2-6-12(15)10-20)27-19(26)16-13-7-3-4-8-14(13)18(25)23-22-16/h2-9,11H,1H3,(H,21,24)(H,23,25)/t11-/m1/s1. The maximum Gasteiger partial charge on any atom is 0.360 e. The summed E-state index contributed by atoms with van der Waals surface area (Å²) in [7, 11) is 0. The number of fused-ring (bicyclic) bond motifs is 1. The van der Waals surface area contributed by atoms with Gasteiger partial charge in [0.2, 0.25) is 0 Å². The fourth-order valence-electron chi connectivity index (χ4n) is 2.46. The number of ether oxygens (including phenoxy) is 1. The highest BCUT2D eigenvalue weighted by molar-refractivity contribution is 6.03. The normalized spacial score (nSPS) is 11.4. The molecule has 0 bridgehead atoms. The zero-order valence-electron chi connectivity index (χ0n) is 14.2. The lowest BCUT2D eigenvalue weighted by molar-refractivity contribution is -0.123. The van der Waals surface area contributed by atoms with Crippen molar-refractivity contribution in [2.45, 2.75) is 13.0 Å². The first-order valence-corrected chi connectivity index (χ1v) is 7.99. The molecule has 3 aromatic rings. The van der Waals surface area contributed by atoms with Crippen molar-refractivity contribution < 1.29 is 14.3 Å². The van der Waals surface area contributed by atoms with Crippen LogP contribution in [0.15, 0.2) is 53.3 Å². The number of anilines is 1. The lowest BCUT2D eigenvalue weighted by Gasteiger charge is -2.14. The summed E-state index contributed by atoms with van der Waals surface area (Å²) in [6, 6.07) is 14.9. The number of nitrogens with one attached hydrogen (secondary N) is 2. The van der Waals surface area contributed by atoms with Gasteiger partial charge in [-0.3, -0.25) is 9.59 Å². The van der Waals surface area contributed by atoms with Crippen LogP contribution >= 0.6 is 0 Å². The molecule has 134 valence electrons. The average Bonchev–Trinajstić information content (AvgIpc) is 2.68. The van der Waals surface area contributed by atoms with Crippen LogP contribution in [0.5, 0.6) is 0 Å². The van der Waals surface area contributed by atoms with Gasteiger partial charge in [0.15, 0.2) is 11.8 Å². The summed E-state index contributed by atoms with van der Waals surface area (Å²) in [4.78, 5) is 36.5. The summed E-state index contributed by atoms with van der Waals surface area (Å²) in [6.07, 6.45) is -1.14. The Hall–Kier alpha value is -3.99. The number of para-hydroxylation sites is 1. The smallest absolute Gasteiger partial charge is 0.360 e. The van der Waals surface area contributed by atoms with Crippen molar-refractivity contribution >= 4 is 28.3 Å². The van der Waals surface area contributed by atoms with E-state index in [0.717, 1.165) is 0 Å². The molecule has 1 aromatic heterocycles. The molecule has 0 saturated heterocycles. The summed E-state index contributed by atoms with van der Waals surface area (Å²) in [5, 5.41) is 18.2. The molecule has 0 spiro atoms. The number of nitriles is 1. The van der Waals surface area contributed by atoms with Gasteiger partial charge >= 0.3 is 5.97 Å². The highest BCUT2D eigenvalue weighted by Gasteiger charge is 2.22. The Balaban J connectivity index is 1.78. The Morgan fingerprint density at radius 3 is 2.56 bits per heavy atom. The van der Waals surface area contributed by atoms with E-state index in [2.05, 4.69) is 15.5 Å². The van der Waals surface area contributed by atoms with Crippen LogP contribution in [0.3, 0.4) is 0 Å². The molecule has 2 aromatic carbocycles. The number of amides is 1. The van der Waals surface area contributed by atoms with Crippen LogP contribution in [0, 0.1) is 11.3 Å². The number of nitrogens with zero attached hydrogens (tertiary/aromatic N) is 2. The van der Waals surface area contributed by atoms with E-state index in [1.54, 1.807) is 48.5 Å². The monoisotopic (exact) mass is 362 g/mol. The first-order valence-electron chi connectivity index (χ1n) is 7.99. The minimum absolute atomic E-state index is 0.0951. The van der Waals surface area contributed by atoms with Crippen LogP contribution in [0.1, 0.15) is 23.0 Å². The first-order chi connectivity index (χ1) is 13.0. The largest absolute Gasteiger partial charge is 0.448 e. The van der Waals surface area contributed by atoms with Gasteiger partial charge in [-0.25, -0.2) is 9.89 Å². The molecule has 0 unspecified atom stereocenters. The average molecular weight is 362 g/mol. The Bertz CT molecular complexity index is 1130. The van der Waals surface area contributed by atoms with E-state index < -0.39 is 23.5 Å². The summed E-state index contributed by atoms with van der Waals surface area (Å²) < 4.78 is 5.17. The summed E-state index contributed by atoms with van der Waals surface area (Å²) >= 11 is 0. The van der Waals surface area contributed by atoms with Crippen LogP contribution in [-0.4, -0.2) is 28.2 Å². The fraction of sp³-hybridized carbons (Fsp3) is 0.105. The Morgan fingerprint density at radius 2 is 1.81 bits per heavy atom. The number of aromatic nitrogens is 2. The Labute approximate surface area is 153 Å². The second-order valence-corrected chi connectivity index (χ2v) is 5.64. The number of aromatic amines is 1. The van der Waals surface area contributed by atoms with E-state index in [0.29, 0.717) is 16.5 Å². The van der Waals surface area contributed by atoms with E-state index >= 15 is 0 Å². The molecule has 0 aliphatic carbocycles. The minimum atomic E-state index is -1.14. The second kappa shape index (κ2) is 7.49. The summed E-state index contributed by atoms with van der Waals surface area (Å²) in [5.74, 6) is -1.45. The Kier molecular flexibility index (Phi) is 4.95. The fourth-order valence-corrected chi connectivity index (χ4v) is 2.46. The van der Waals surface area contributed by atoms with Crippen LogP contribution in [0.2, 0.25) is 0 Å². The molecule has 0 radical (unpaired) electrons. The number of H-pyrrole nitrogens is 1. The topological polar surface area (TPSA) is 125 Å². The number of carbonyl (C=O) groups is 2. The van der Waals surface area contributed by atoms with Crippen LogP contribution in [-0.2, 0) is 9.53 Å². The molecule has 8 nitrogen and oxygen atoms in total. The molecule has 0 aliphatic rings. The zero-order valence-corrected chi connectivity index (χ0v) is 14.2. The van der Waals surface area contributed by atoms with E-state index in [9.17, 15) is 14.4 Å². The van der Waals surface area contributed by atoms with Crippen molar-refractivity contribution in [3.05, 3.63) is 70.1 Å². The van der Waals surface area contributed by atoms with Crippen molar-refractivity contribution in [2.24, 2.45) is 0 Å². The number of hydrogen-bond donors (Lipinski definition) is 2. The van der Waals surface area contributed by atoms with Gasteiger partial charge < -0.3 is 10.1 Å². The summed E-state index contributed by atoms with van der Waals surface area (Å²) in [6.45, 7) is 1.40. The molecule has 0 aliphatic heterocycles. The van der Waals surface area contributed by atoms with Gasteiger partial charge in [0.1, 0.15) is 6.07 Å². The molecule has 3 rings (SSSR count). The van der Waals surface area contributed by atoms with E-state index in [1.807, 2.05) is 6.07 Å². The predicted molar refractivity (Wildman–Crippen MR) is 97.0 cm³/mol.